The molecule has 1 unspecified atom stereocenters. The van der Waals surface area contributed by atoms with Crippen LogP contribution in [0.4, 0.5) is 0 Å². The normalized spacial score (nSPS) is 13.5. The molecule has 0 saturated heterocycles. The lowest BCUT2D eigenvalue weighted by molar-refractivity contribution is -0.117. The van der Waals surface area contributed by atoms with Crippen LogP contribution in [0.25, 0.3) is 0 Å². The third-order valence-electron chi connectivity index (χ3n) is 2.62. The number of amides is 1. The van der Waals surface area contributed by atoms with Crippen molar-refractivity contribution in [3.05, 3.63) is 24.3 Å². The Hall–Kier alpha value is -1.09. The first kappa shape index (κ1) is 15.9. The van der Waals surface area contributed by atoms with Crippen LogP contribution in [0.1, 0.15) is 45.4 Å². The predicted molar refractivity (Wildman–Crippen MR) is 71.4 cm³/mol. The van der Waals surface area contributed by atoms with Crippen molar-refractivity contribution < 1.29 is 9.90 Å². The summed E-state index contributed by atoms with van der Waals surface area (Å²) >= 11 is 0. The summed E-state index contributed by atoms with van der Waals surface area (Å²) in [6.07, 6.45) is 13.4. The molecule has 0 aromatic rings. The summed E-state index contributed by atoms with van der Waals surface area (Å²) in [6.45, 7) is 2.43. The van der Waals surface area contributed by atoms with Crippen LogP contribution in [0.15, 0.2) is 24.3 Å². The molecule has 0 fully saturated rings. The molecular formula is C14H25NO2. The molecule has 0 heterocycles. The summed E-state index contributed by atoms with van der Waals surface area (Å²) in [5.41, 5.74) is 5.00. The van der Waals surface area contributed by atoms with E-state index in [1.165, 1.54) is 0 Å². The Bertz CT molecular complexity index is 247. The number of allylic oxidation sites excluding steroid dienone is 3. The molecule has 0 aliphatic rings. The Morgan fingerprint density at radius 3 is 2.53 bits per heavy atom. The van der Waals surface area contributed by atoms with Gasteiger partial charge in [0, 0.05) is 13.0 Å². The zero-order chi connectivity index (χ0) is 12.9. The van der Waals surface area contributed by atoms with Crippen LogP contribution < -0.4 is 5.73 Å². The number of hydrogen-bond donors (Lipinski definition) is 2. The molecule has 17 heavy (non-hydrogen) atoms. The van der Waals surface area contributed by atoms with Crippen molar-refractivity contribution in [2.24, 2.45) is 11.7 Å². The minimum absolute atomic E-state index is 0.292. The maximum Gasteiger partial charge on any atom is 0.221 e. The van der Waals surface area contributed by atoms with Gasteiger partial charge in [0.1, 0.15) is 0 Å². The van der Waals surface area contributed by atoms with Crippen molar-refractivity contribution in [1.29, 1.82) is 0 Å². The van der Waals surface area contributed by atoms with E-state index in [1.807, 2.05) is 6.08 Å². The third-order valence-corrected chi connectivity index (χ3v) is 2.62. The van der Waals surface area contributed by atoms with Crippen LogP contribution in [0.2, 0.25) is 0 Å². The van der Waals surface area contributed by atoms with Crippen molar-refractivity contribution in [1.82, 2.24) is 0 Å². The smallest absolute Gasteiger partial charge is 0.221 e. The fourth-order valence-corrected chi connectivity index (χ4v) is 1.66. The van der Waals surface area contributed by atoms with E-state index >= 15 is 0 Å². The van der Waals surface area contributed by atoms with Crippen molar-refractivity contribution in [2.45, 2.75) is 45.4 Å². The topological polar surface area (TPSA) is 63.3 Å². The first-order valence-electron chi connectivity index (χ1n) is 6.39. The van der Waals surface area contributed by atoms with Gasteiger partial charge in [-0.15, -0.1) is 0 Å². The lowest BCUT2D eigenvalue weighted by Crippen LogP contribution is -2.07. The summed E-state index contributed by atoms with van der Waals surface area (Å²) < 4.78 is 0. The fraction of sp³-hybridized carbons (Fsp3) is 0.643. The van der Waals surface area contributed by atoms with E-state index < -0.39 is 0 Å². The van der Waals surface area contributed by atoms with Gasteiger partial charge in [0.05, 0.1) is 0 Å². The van der Waals surface area contributed by atoms with Crippen molar-refractivity contribution in [3.8, 4) is 0 Å². The third kappa shape index (κ3) is 11.2. The minimum Gasteiger partial charge on any atom is -0.396 e. The van der Waals surface area contributed by atoms with E-state index in [2.05, 4.69) is 19.1 Å². The van der Waals surface area contributed by atoms with Gasteiger partial charge in [-0.2, -0.15) is 0 Å². The molecule has 0 spiro atoms. The molecule has 0 aliphatic heterocycles. The molecule has 0 aromatic carbocycles. The number of carbonyl (C=O) groups is 1. The molecular weight excluding hydrogens is 214 g/mol. The fourth-order valence-electron chi connectivity index (χ4n) is 1.66. The molecule has 98 valence electrons. The van der Waals surface area contributed by atoms with Gasteiger partial charge >= 0.3 is 0 Å². The second-order valence-electron chi connectivity index (χ2n) is 4.26. The predicted octanol–water partition coefficient (Wildman–Crippen LogP) is 2.55. The second-order valence-corrected chi connectivity index (χ2v) is 4.26. The van der Waals surface area contributed by atoms with Gasteiger partial charge in [0.2, 0.25) is 5.91 Å². The highest BCUT2D eigenvalue weighted by Gasteiger charge is 2.03. The van der Waals surface area contributed by atoms with E-state index in [9.17, 15) is 4.79 Å². The number of aliphatic hydroxyl groups excluding tert-OH is 1. The van der Waals surface area contributed by atoms with Crippen LogP contribution in [0.3, 0.4) is 0 Å². The van der Waals surface area contributed by atoms with Crippen molar-refractivity contribution in [3.63, 3.8) is 0 Å². The quantitative estimate of drug-likeness (QED) is 0.575. The lowest BCUT2D eigenvalue weighted by Gasteiger charge is -2.10. The number of primary amides is 1. The minimum atomic E-state index is -0.296. The SMILES string of the molecule is CCCC(CO)CC/C=C\C/C=C\CC(N)=O. The molecule has 1 atom stereocenters. The Labute approximate surface area is 104 Å². The summed E-state index contributed by atoms with van der Waals surface area (Å²) in [5.74, 6) is 0.144. The monoisotopic (exact) mass is 239 g/mol. The molecule has 3 nitrogen and oxygen atoms in total. The van der Waals surface area contributed by atoms with Crippen molar-refractivity contribution in [2.75, 3.05) is 6.61 Å². The van der Waals surface area contributed by atoms with Gasteiger partial charge in [-0.05, 0) is 31.6 Å². The number of rotatable bonds is 10. The lowest BCUT2D eigenvalue weighted by atomic mass is 9.99. The molecule has 0 rings (SSSR count). The molecule has 0 radical (unpaired) electrons. The Kier molecular flexibility index (Phi) is 10.7. The van der Waals surface area contributed by atoms with Gasteiger partial charge in [-0.3, -0.25) is 4.79 Å². The summed E-state index contributed by atoms with van der Waals surface area (Å²) in [7, 11) is 0. The molecule has 0 saturated carbocycles. The first-order valence-corrected chi connectivity index (χ1v) is 6.39. The van der Waals surface area contributed by atoms with Crippen LogP contribution in [-0.4, -0.2) is 17.6 Å². The average Bonchev–Trinajstić information content (AvgIpc) is 2.30. The Morgan fingerprint density at radius 2 is 1.94 bits per heavy atom. The van der Waals surface area contributed by atoms with Crippen molar-refractivity contribution >= 4 is 5.91 Å². The highest BCUT2D eigenvalue weighted by molar-refractivity contribution is 5.75. The number of hydrogen-bond acceptors (Lipinski definition) is 2. The maximum atomic E-state index is 10.4. The van der Waals surface area contributed by atoms with Gasteiger partial charge < -0.3 is 10.8 Å². The van der Waals surface area contributed by atoms with E-state index in [0.717, 1.165) is 32.1 Å². The van der Waals surface area contributed by atoms with Gasteiger partial charge in [0.25, 0.3) is 0 Å². The highest BCUT2D eigenvalue weighted by Crippen LogP contribution is 2.12. The van der Waals surface area contributed by atoms with E-state index in [-0.39, 0.29) is 5.91 Å². The summed E-state index contributed by atoms with van der Waals surface area (Å²) in [4.78, 5) is 10.4. The molecule has 1 amide bonds. The molecule has 3 heteroatoms. The highest BCUT2D eigenvalue weighted by atomic mass is 16.3. The van der Waals surface area contributed by atoms with Crippen LogP contribution in [0.5, 0.6) is 0 Å². The van der Waals surface area contributed by atoms with Gasteiger partial charge in [-0.25, -0.2) is 0 Å². The van der Waals surface area contributed by atoms with Gasteiger partial charge in [-0.1, -0.05) is 37.6 Å². The van der Waals surface area contributed by atoms with Crippen LogP contribution >= 0.6 is 0 Å². The zero-order valence-electron chi connectivity index (χ0n) is 10.8. The number of nitrogens with two attached hydrogens (primary N) is 1. The number of carbonyl (C=O) groups excluding carboxylic acids is 1. The zero-order valence-corrected chi connectivity index (χ0v) is 10.8. The molecule has 0 aliphatic carbocycles. The van der Waals surface area contributed by atoms with Crippen LogP contribution in [0, 0.1) is 5.92 Å². The standard InChI is InChI=1S/C14H25NO2/c1-2-9-13(12-16)10-7-5-3-4-6-8-11-14(15)17/h3,5-6,8,13,16H,2,4,7,9-12H2,1H3,(H2,15,17)/b5-3-,8-6-. The van der Waals surface area contributed by atoms with E-state index in [1.54, 1.807) is 6.08 Å². The summed E-state index contributed by atoms with van der Waals surface area (Å²) in [5, 5.41) is 9.10. The van der Waals surface area contributed by atoms with E-state index in [4.69, 9.17) is 10.8 Å². The Morgan fingerprint density at radius 1 is 1.24 bits per heavy atom. The molecule has 0 aromatic heterocycles. The average molecular weight is 239 g/mol. The molecule has 3 N–H and O–H groups in total. The number of aliphatic hydroxyl groups is 1. The van der Waals surface area contributed by atoms with Crippen LogP contribution in [-0.2, 0) is 4.79 Å². The van der Waals surface area contributed by atoms with Gasteiger partial charge in [0.15, 0.2) is 0 Å². The molecule has 0 bridgehead atoms. The van der Waals surface area contributed by atoms with E-state index in [0.29, 0.717) is 18.9 Å². The first-order chi connectivity index (χ1) is 8.20. The summed E-state index contributed by atoms with van der Waals surface area (Å²) in [6, 6.07) is 0. The maximum absolute atomic E-state index is 10.4. The second kappa shape index (κ2) is 11.4. The Balaban J connectivity index is 3.53. The largest absolute Gasteiger partial charge is 0.396 e.